The maximum Gasteiger partial charge on any atom is 0.410 e. The monoisotopic (exact) mass is 310 g/mol. The van der Waals surface area contributed by atoms with Gasteiger partial charge in [0.15, 0.2) is 0 Å². The van der Waals surface area contributed by atoms with Crippen LogP contribution >= 0.6 is 0 Å². The molecule has 0 bridgehead atoms. The molecule has 0 fully saturated rings. The van der Waals surface area contributed by atoms with Gasteiger partial charge in [-0.05, 0) is 35.7 Å². The minimum absolute atomic E-state index is 0.260. The van der Waals surface area contributed by atoms with Crippen LogP contribution in [0.2, 0.25) is 0 Å². The topological polar surface area (TPSA) is 96.4 Å². The molecule has 0 saturated heterocycles. The minimum atomic E-state index is -1.15. The predicted molar refractivity (Wildman–Crippen MR) is 87.5 cm³/mol. The van der Waals surface area contributed by atoms with Crippen molar-refractivity contribution in [3.8, 4) is 5.75 Å². The number of rotatable bonds is 4. The lowest BCUT2D eigenvalue weighted by Crippen LogP contribution is -2.08. The second-order valence-corrected chi connectivity index (χ2v) is 4.73. The number of ether oxygens (including phenoxy) is 1. The van der Waals surface area contributed by atoms with Crippen molar-refractivity contribution < 1.29 is 14.6 Å². The number of hydrogen-bond acceptors (Lipinski definition) is 5. The predicted octanol–water partition coefficient (Wildman–Crippen LogP) is 3.47. The van der Waals surface area contributed by atoms with Gasteiger partial charge in [-0.2, -0.15) is 0 Å². The molecule has 0 spiro atoms. The Kier molecular flexibility index (Phi) is 3.92. The van der Waals surface area contributed by atoms with E-state index in [-0.39, 0.29) is 5.82 Å². The largest absolute Gasteiger partial charge is 0.497 e. The van der Waals surface area contributed by atoms with Gasteiger partial charge in [0, 0.05) is 11.6 Å². The molecular weight excluding hydrogens is 296 g/mol. The first-order valence-corrected chi connectivity index (χ1v) is 6.81. The van der Waals surface area contributed by atoms with Crippen molar-refractivity contribution in [2.24, 2.45) is 0 Å². The highest BCUT2D eigenvalue weighted by Crippen LogP contribution is 2.27. The first-order chi connectivity index (χ1) is 11.2. The molecule has 116 valence electrons. The number of carboxylic acid groups (broad SMARTS) is 1. The summed E-state index contributed by atoms with van der Waals surface area (Å²) >= 11 is 0. The lowest BCUT2D eigenvalue weighted by Gasteiger charge is -2.10. The van der Waals surface area contributed by atoms with Gasteiger partial charge in [-0.25, -0.2) is 14.8 Å². The van der Waals surface area contributed by atoms with E-state index in [1.54, 1.807) is 25.4 Å². The van der Waals surface area contributed by atoms with Gasteiger partial charge in [-0.3, -0.25) is 5.32 Å². The number of amides is 1. The van der Waals surface area contributed by atoms with Crippen molar-refractivity contribution >= 4 is 34.2 Å². The fraction of sp³-hybridized carbons (Fsp3) is 0.0625. The van der Waals surface area contributed by atoms with E-state index in [1.807, 2.05) is 24.3 Å². The normalized spacial score (nSPS) is 10.3. The number of fused-ring (bicyclic) bond motifs is 1. The van der Waals surface area contributed by atoms with Gasteiger partial charge in [-0.15, -0.1) is 0 Å². The smallest absolute Gasteiger partial charge is 0.410 e. The number of benzene rings is 1. The van der Waals surface area contributed by atoms with E-state index in [4.69, 9.17) is 9.84 Å². The number of hydrogen-bond donors (Lipinski definition) is 3. The molecule has 2 aromatic heterocycles. The van der Waals surface area contributed by atoms with Crippen molar-refractivity contribution in [3.05, 3.63) is 48.8 Å². The molecule has 2 heterocycles. The SMILES string of the molecule is COc1ccc2ccnc(Nc3ccc(NC(=O)O)nc3)c2c1. The van der Waals surface area contributed by atoms with E-state index in [0.29, 0.717) is 11.5 Å². The molecule has 7 heteroatoms. The molecule has 0 saturated carbocycles. The quantitative estimate of drug-likeness (QED) is 0.683. The van der Waals surface area contributed by atoms with Crippen LogP contribution in [0.4, 0.5) is 22.1 Å². The third kappa shape index (κ3) is 3.29. The summed E-state index contributed by atoms with van der Waals surface area (Å²) < 4.78 is 5.25. The highest BCUT2D eigenvalue weighted by Gasteiger charge is 2.05. The van der Waals surface area contributed by atoms with E-state index in [9.17, 15) is 4.79 Å². The van der Waals surface area contributed by atoms with Crippen molar-refractivity contribution in [1.82, 2.24) is 9.97 Å². The summed E-state index contributed by atoms with van der Waals surface area (Å²) in [6.45, 7) is 0. The van der Waals surface area contributed by atoms with E-state index in [2.05, 4.69) is 20.6 Å². The van der Waals surface area contributed by atoms with E-state index >= 15 is 0 Å². The molecule has 0 aliphatic carbocycles. The first kappa shape index (κ1) is 14.6. The van der Waals surface area contributed by atoms with Crippen LogP contribution in [-0.4, -0.2) is 28.3 Å². The number of methoxy groups -OCH3 is 1. The van der Waals surface area contributed by atoms with Gasteiger partial charge in [0.2, 0.25) is 0 Å². The molecule has 1 amide bonds. The fourth-order valence-corrected chi connectivity index (χ4v) is 2.16. The van der Waals surface area contributed by atoms with Gasteiger partial charge in [0.05, 0.1) is 19.0 Å². The Morgan fingerprint density at radius 2 is 2.04 bits per heavy atom. The van der Waals surface area contributed by atoms with Crippen LogP contribution in [0.5, 0.6) is 5.75 Å². The molecule has 1 aromatic carbocycles. The molecule has 0 atom stereocenters. The number of nitrogens with one attached hydrogen (secondary N) is 2. The van der Waals surface area contributed by atoms with Crippen molar-refractivity contribution in [2.75, 3.05) is 17.7 Å². The second kappa shape index (κ2) is 6.18. The Bertz CT molecular complexity index is 850. The van der Waals surface area contributed by atoms with E-state index in [1.165, 1.54) is 6.20 Å². The second-order valence-electron chi connectivity index (χ2n) is 4.73. The number of carbonyl (C=O) groups is 1. The van der Waals surface area contributed by atoms with Gasteiger partial charge in [0.1, 0.15) is 17.4 Å². The number of pyridine rings is 2. The number of anilines is 3. The first-order valence-electron chi connectivity index (χ1n) is 6.81. The van der Waals surface area contributed by atoms with Crippen LogP contribution in [0.25, 0.3) is 10.8 Å². The maximum atomic E-state index is 10.6. The zero-order chi connectivity index (χ0) is 16.2. The Morgan fingerprint density at radius 3 is 2.74 bits per heavy atom. The lowest BCUT2D eigenvalue weighted by molar-refractivity contribution is 0.209. The summed E-state index contributed by atoms with van der Waals surface area (Å²) in [6.07, 6.45) is 2.10. The molecule has 0 aliphatic heterocycles. The third-order valence-corrected chi connectivity index (χ3v) is 3.23. The summed E-state index contributed by atoms with van der Waals surface area (Å²) in [5, 5.41) is 16.0. The van der Waals surface area contributed by atoms with Crippen LogP contribution in [-0.2, 0) is 0 Å². The van der Waals surface area contributed by atoms with Crippen LogP contribution in [0.1, 0.15) is 0 Å². The van der Waals surface area contributed by atoms with Crippen molar-refractivity contribution in [1.29, 1.82) is 0 Å². The van der Waals surface area contributed by atoms with Gasteiger partial charge >= 0.3 is 6.09 Å². The number of aromatic nitrogens is 2. The van der Waals surface area contributed by atoms with Gasteiger partial charge in [-0.1, -0.05) is 6.07 Å². The van der Waals surface area contributed by atoms with Crippen LogP contribution < -0.4 is 15.4 Å². The van der Waals surface area contributed by atoms with Crippen LogP contribution in [0, 0.1) is 0 Å². The Morgan fingerprint density at radius 1 is 1.17 bits per heavy atom. The molecule has 3 aromatic rings. The molecule has 0 radical (unpaired) electrons. The summed E-state index contributed by atoms with van der Waals surface area (Å²) in [5.41, 5.74) is 0.698. The molecule has 7 nitrogen and oxygen atoms in total. The average molecular weight is 310 g/mol. The maximum absolute atomic E-state index is 10.6. The summed E-state index contributed by atoms with van der Waals surface area (Å²) in [6, 6.07) is 11.0. The van der Waals surface area contributed by atoms with Gasteiger partial charge in [0.25, 0.3) is 0 Å². The molecule has 0 aliphatic rings. The van der Waals surface area contributed by atoms with Crippen molar-refractivity contribution in [2.45, 2.75) is 0 Å². The van der Waals surface area contributed by atoms with E-state index < -0.39 is 6.09 Å². The highest BCUT2D eigenvalue weighted by molar-refractivity contribution is 5.94. The minimum Gasteiger partial charge on any atom is -0.497 e. The summed E-state index contributed by atoms with van der Waals surface area (Å²) in [5.74, 6) is 1.67. The Labute approximate surface area is 132 Å². The Hall–Kier alpha value is -3.35. The summed E-state index contributed by atoms with van der Waals surface area (Å²) in [4.78, 5) is 18.9. The number of nitrogens with zero attached hydrogens (tertiary/aromatic N) is 2. The Balaban J connectivity index is 1.90. The molecule has 3 rings (SSSR count). The lowest BCUT2D eigenvalue weighted by atomic mass is 10.1. The molecular formula is C16H14N4O3. The summed E-state index contributed by atoms with van der Waals surface area (Å²) in [7, 11) is 1.61. The molecule has 0 unspecified atom stereocenters. The highest BCUT2D eigenvalue weighted by atomic mass is 16.5. The zero-order valence-electron chi connectivity index (χ0n) is 12.3. The standard InChI is InChI=1S/C16H14N4O3/c1-23-12-4-2-10-6-7-17-15(13(10)8-12)19-11-3-5-14(18-9-11)20-16(21)22/h2-9H,1H3,(H,17,19)(H,18,20)(H,21,22). The molecule has 3 N–H and O–H groups in total. The van der Waals surface area contributed by atoms with Crippen LogP contribution in [0.3, 0.4) is 0 Å². The fourth-order valence-electron chi connectivity index (χ4n) is 2.16. The molecule has 23 heavy (non-hydrogen) atoms. The third-order valence-electron chi connectivity index (χ3n) is 3.23. The van der Waals surface area contributed by atoms with Crippen molar-refractivity contribution in [3.63, 3.8) is 0 Å². The average Bonchev–Trinajstić information content (AvgIpc) is 2.56. The van der Waals surface area contributed by atoms with E-state index in [0.717, 1.165) is 16.5 Å². The zero-order valence-corrected chi connectivity index (χ0v) is 12.3. The van der Waals surface area contributed by atoms with Crippen LogP contribution in [0.15, 0.2) is 48.8 Å². The van der Waals surface area contributed by atoms with Gasteiger partial charge < -0.3 is 15.2 Å².